The molecule has 2 rings (SSSR count). The van der Waals surface area contributed by atoms with Gasteiger partial charge in [-0.25, -0.2) is 4.98 Å². The molecule has 18 heavy (non-hydrogen) atoms. The summed E-state index contributed by atoms with van der Waals surface area (Å²) < 4.78 is 0. The highest BCUT2D eigenvalue weighted by Gasteiger charge is 2.25. The second-order valence-corrected chi connectivity index (χ2v) is 6.11. The van der Waals surface area contributed by atoms with E-state index in [-0.39, 0.29) is 0 Å². The average Bonchev–Trinajstić information content (AvgIpc) is 2.31. The largest absolute Gasteiger partial charge is 0.382 e. The van der Waals surface area contributed by atoms with Gasteiger partial charge < -0.3 is 11.1 Å². The van der Waals surface area contributed by atoms with Crippen LogP contribution in [0.25, 0.3) is 0 Å². The Balaban J connectivity index is 2.08. The van der Waals surface area contributed by atoms with Crippen LogP contribution in [0.5, 0.6) is 0 Å². The third-order valence-electron chi connectivity index (χ3n) is 3.90. The highest BCUT2D eigenvalue weighted by atomic mass is 35.5. The van der Waals surface area contributed by atoms with Crippen LogP contribution in [0.1, 0.15) is 33.1 Å². The van der Waals surface area contributed by atoms with Crippen molar-refractivity contribution in [2.24, 2.45) is 11.8 Å². The zero-order chi connectivity index (χ0) is 13.3. The Labute approximate surface area is 118 Å². The summed E-state index contributed by atoms with van der Waals surface area (Å²) in [5.41, 5.74) is 5.70. The van der Waals surface area contributed by atoms with Crippen molar-refractivity contribution in [2.75, 3.05) is 11.1 Å². The fraction of sp³-hybridized carbons (Fsp3) is 0.615. The van der Waals surface area contributed by atoms with Crippen LogP contribution in [-0.4, -0.2) is 11.0 Å². The van der Waals surface area contributed by atoms with Crippen molar-refractivity contribution >= 4 is 34.8 Å². The predicted octanol–water partition coefficient (Wildman–Crippen LogP) is 4.21. The molecule has 3 nitrogen and oxygen atoms in total. The minimum atomic E-state index is 0.320. The lowest BCUT2D eigenvalue weighted by Gasteiger charge is -2.33. The summed E-state index contributed by atoms with van der Waals surface area (Å²) in [7, 11) is 0. The van der Waals surface area contributed by atoms with Crippen LogP contribution >= 0.6 is 23.2 Å². The Kier molecular flexibility index (Phi) is 4.23. The smallest absolute Gasteiger partial charge is 0.147 e. The topological polar surface area (TPSA) is 50.9 Å². The normalized spacial score (nSPS) is 28.1. The molecule has 0 aromatic carbocycles. The van der Waals surface area contributed by atoms with Gasteiger partial charge in [-0.05, 0) is 37.2 Å². The first-order chi connectivity index (χ1) is 8.47. The number of nitrogens with one attached hydrogen (secondary N) is 1. The van der Waals surface area contributed by atoms with E-state index in [4.69, 9.17) is 28.9 Å². The van der Waals surface area contributed by atoms with E-state index in [1.165, 1.54) is 6.42 Å². The van der Waals surface area contributed by atoms with Crippen LogP contribution in [-0.2, 0) is 0 Å². The third kappa shape index (κ3) is 3.01. The molecule has 3 N–H and O–H groups in total. The van der Waals surface area contributed by atoms with E-state index in [0.717, 1.165) is 24.7 Å². The first-order valence-corrected chi connectivity index (χ1v) is 7.11. The number of nitrogen functional groups attached to an aromatic ring is 1. The fourth-order valence-corrected chi connectivity index (χ4v) is 2.87. The van der Waals surface area contributed by atoms with Crippen LogP contribution in [0.2, 0.25) is 10.0 Å². The monoisotopic (exact) mass is 287 g/mol. The summed E-state index contributed by atoms with van der Waals surface area (Å²) in [6.07, 6.45) is 3.52. The fourth-order valence-electron chi connectivity index (χ4n) is 2.45. The average molecular weight is 288 g/mol. The summed E-state index contributed by atoms with van der Waals surface area (Å²) >= 11 is 12.0. The van der Waals surface area contributed by atoms with Gasteiger partial charge in [0.25, 0.3) is 0 Å². The summed E-state index contributed by atoms with van der Waals surface area (Å²) in [6, 6.07) is 2.06. The van der Waals surface area contributed by atoms with Crippen LogP contribution < -0.4 is 11.1 Å². The number of nitrogens with two attached hydrogens (primary N) is 1. The maximum atomic E-state index is 6.12. The Hall–Kier alpha value is -0.670. The van der Waals surface area contributed by atoms with Gasteiger partial charge >= 0.3 is 0 Å². The molecule has 1 aliphatic rings. The Morgan fingerprint density at radius 2 is 1.94 bits per heavy atom. The number of nitrogens with zero attached hydrogens (tertiary/aromatic N) is 1. The third-order valence-corrected chi connectivity index (χ3v) is 4.49. The van der Waals surface area contributed by atoms with E-state index in [0.29, 0.717) is 27.7 Å². The van der Waals surface area contributed by atoms with Gasteiger partial charge in [0, 0.05) is 6.04 Å². The van der Waals surface area contributed by atoms with E-state index >= 15 is 0 Å². The molecule has 0 radical (unpaired) electrons. The number of rotatable bonds is 2. The molecule has 1 heterocycles. The Bertz CT molecular complexity index is 436. The van der Waals surface area contributed by atoms with Crippen LogP contribution in [0.15, 0.2) is 6.07 Å². The Morgan fingerprint density at radius 3 is 2.61 bits per heavy atom. The molecule has 100 valence electrons. The highest BCUT2D eigenvalue weighted by Crippen LogP contribution is 2.33. The van der Waals surface area contributed by atoms with Gasteiger partial charge in [0.15, 0.2) is 0 Å². The van der Waals surface area contributed by atoms with E-state index in [2.05, 4.69) is 24.1 Å². The summed E-state index contributed by atoms with van der Waals surface area (Å²) in [5, 5.41) is 4.31. The highest BCUT2D eigenvalue weighted by molar-refractivity contribution is 6.37. The zero-order valence-electron chi connectivity index (χ0n) is 10.7. The first-order valence-electron chi connectivity index (χ1n) is 6.35. The maximum Gasteiger partial charge on any atom is 0.147 e. The number of hydrogen-bond acceptors (Lipinski definition) is 3. The van der Waals surface area contributed by atoms with Gasteiger partial charge in [0.1, 0.15) is 11.6 Å². The summed E-state index contributed by atoms with van der Waals surface area (Å²) in [5.74, 6) is 2.48. The zero-order valence-corrected chi connectivity index (χ0v) is 12.2. The number of halogens is 2. The van der Waals surface area contributed by atoms with Crippen molar-refractivity contribution in [2.45, 2.75) is 39.2 Å². The molecule has 1 aromatic rings. The molecule has 5 heteroatoms. The molecule has 1 aliphatic carbocycles. The van der Waals surface area contributed by atoms with Crippen LogP contribution in [0.4, 0.5) is 11.6 Å². The lowest BCUT2D eigenvalue weighted by Crippen LogP contribution is -2.30. The maximum absolute atomic E-state index is 6.12. The van der Waals surface area contributed by atoms with Gasteiger partial charge in [-0.3, -0.25) is 0 Å². The first kappa shape index (κ1) is 13.8. The van der Waals surface area contributed by atoms with E-state index in [1.807, 2.05) is 0 Å². The quantitative estimate of drug-likeness (QED) is 0.857. The second kappa shape index (κ2) is 5.54. The molecule has 0 aliphatic heterocycles. The number of anilines is 2. The van der Waals surface area contributed by atoms with E-state index in [1.54, 1.807) is 6.07 Å². The van der Waals surface area contributed by atoms with Gasteiger partial charge in [-0.2, -0.15) is 0 Å². The molecule has 0 bridgehead atoms. The van der Waals surface area contributed by atoms with Crippen molar-refractivity contribution < 1.29 is 0 Å². The molecule has 3 atom stereocenters. The second-order valence-electron chi connectivity index (χ2n) is 5.29. The molecule has 0 saturated heterocycles. The van der Waals surface area contributed by atoms with Crippen molar-refractivity contribution in [3.63, 3.8) is 0 Å². The van der Waals surface area contributed by atoms with E-state index in [9.17, 15) is 0 Å². The van der Waals surface area contributed by atoms with Gasteiger partial charge in [-0.15, -0.1) is 0 Å². The van der Waals surface area contributed by atoms with Crippen LogP contribution in [0, 0.1) is 11.8 Å². The molecule has 1 saturated carbocycles. The minimum absolute atomic E-state index is 0.320. The minimum Gasteiger partial charge on any atom is -0.382 e. The van der Waals surface area contributed by atoms with Crippen molar-refractivity contribution in [1.29, 1.82) is 0 Å². The standard InChI is InChI=1S/C13H19Cl2N3/c1-7-3-4-9(5-8(7)2)17-13-11(15)6-10(14)12(16)18-13/h6-9H,3-5H2,1-2H3,(H3,16,17,18). The molecule has 1 aromatic heterocycles. The van der Waals surface area contributed by atoms with E-state index < -0.39 is 0 Å². The SMILES string of the molecule is CC1CCC(Nc2nc(N)c(Cl)cc2Cl)CC1C. The molecule has 0 spiro atoms. The molecule has 0 amide bonds. The number of pyridine rings is 1. The summed E-state index contributed by atoms with van der Waals surface area (Å²) in [6.45, 7) is 4.61. The lowest BCUT2D eigenvalue weighted by atomic mass is 9.79. The van der Waals surface area contributed by atoms with Gasteiger partial charge in [0.05, 0.1) is 10.0 Å². The number of aromatic nitrogens is 1. The predicted molar refractivity (Wildman–Crippen MR) is 78.3 cm³/mol. The van der Waals surface area contributed by atoms with Crippen molar-refractivity contribution in [3.05, 3.63) is 16.1 Å². The molecule has 1 fully saturated rings. The van der Waals surface area contributed by atoms with Gasteiger partial charge in [0.2, 0.25) is 0 Å². The van der Waals surface area contributed by atoms with Gasteiger partial charge in [-0.1, -0.05) is 37.0 Å². The van der Waals surface area contributed by atoms with Crippen LogP contribution in [0.3, 0.4) is 0 Å². The molecule has 3 unspecified atom stereocenters. The molecular formula is C13H19Cl2N3. The number of hydrogen-bond donors (Lipinski definition) is 2. The molecular weight excluding hydrogens is 269 g/mol. The van der Waals surface area contributed by atoms with Crippen molar-refractivity contribution in [3.8, 4) is 0 Å². The lowest BCUT2D eigenvalue weighted by molar-refractivity contribution is 0.260. The van der Waals surface area contributed by atoms with Crippen molar-refractivity contribution in [1.82, 2.24) is 4.98 Å². The summed E-state index contributed by atoms with van der Waals surface area (Å²) in [4.78, 5) is 4.21. The Morgan fingerprint density at radius 1 is 1.22 bits per heavy atom.